The van der Waals surface area contributed by atoms with Crippen LogP contribution in [0.15, 0.2) is 54.0 Å². The number of pyridine rings is 2. The zero-order valence-corrected chi connectivity index (χ0v) is 24.2. The second kappa shape index (κ2) is 10.4. The SMILES string of the molecule is C=CC(=O)N1CCN(c2nc(=O)n3c4nc(c(F)cc24)-c2c(F)cccc2CCCCc2ccnc(C(C)C)c2-3)[C@@H]2C[C@@H]21. The highest BCUT2D eigenvalue weighted by atomic mass is 19.1. The second-order valence-corrected chi connectivity index (χ2v) is 11.9. The van der Waals surface area contributed by atoms with E-state index >= 15 is 8.78 Å². The summed E-state index contributed by atoms with van der Waals surface area (Å²) in [7, 11) is 0. The molecule has 3 aromatic heterocycles. The third-order valence-electron chi connectivity index (χ3n) is 8.92. The minimum atomic E-state index is -0.688. The van der Waals surface area contributed by atoms with Crippen LogP contribution in [0.25, 0.3) is 28.0 Å². The predicted octanol–water partition coefficient (Wildman–Crippen LogP) is 5.10. The van der Waals surface area contributed by atoms with Crippen molar-refractivity contribution in [3.63, 3.8) is 0 Å². The molecule has 0 radical (unpaired) electrons. The number of nitrogens with zero attached hydrogens (tertiary/aromatic N) is 6. The lowest BCUT2D eigenvalue weighted by Crippen LogP contribution is -2.49. The molecule has 0 unspecified atom stereocenters. The Morgan fingerprint density at radius 1 is 1.05 bits per heavy atom. The normalized spacial score (nSPS) is 19.4. The molecule has 0 N–H and O–H groups in total. The fourth-order valence-corrected chi connectivity index (χ4v) is 6.81. The van der Waals surface area contributed by atoms with Crippen molar-refractivity contribution in [2.45, 2.75) is 64.0 Å². The molecule has 2 fully saturated rings. The highest BCUT2D eigenvalue weighted by Crippen LogP contribution is 2.42. The topological polar surface area (TPSA) is 84.2 Å². The van der Waals surface area contributed by atoms with Gasteiger partial charge in [0, 0.05) is 24.8 Å². The Labute approximate surface area is 247 Å². The number of piperazine rings is 1. The van der Waals surface area contributed by atoms with Crippen LogP contribution < -0.4 is 10.6 Å². The highest BCUT2D eigenvalue weighted by molar-refractivity contribution is 5.92. The van der Waals surface area contributed by atoms with Crippen LogP contribution in [-0.4, -0.2) is 55.5 Å². The van der Waals surface area contributed by atoms with Crippen molar-refractivity contribution in [2.75, 3.05) is 18.0 Å². The van der Waals surface area contributed by atoms with E-state index in [2.05, 4.69) is 16.5 Å². The largest absolute Gasteiger partial charge is 0.355 e. The average Bonchev–Trinajstić information content (AvgIpc) is 3.79. The molecular weight excluding hydrogens is 550 g/mol. The minimum absolute atomic E-state index is 0.0229. The summed E-state index contributed by atoms with van der Waals surface area (Å²) in [5.74, 6) is -1.08. The van der Waals surface area contributed by atoms with Gasteiger partial charge in [-0.15, -0.1) is 0 Å². The Morgan fingerprint density at radius 3 is 2.60 bits per heavy atom. The van der Waals surface area contributed by atoms with E-state index in [1.807, 2.05) is 30.9 Å². The lowest BCUT2D eigenvalue weighted by atomic mass is 9.95. The number of aryl methyl sites for hydroxylation is 2. The van der Waals surface area contributed by atoms with Crippen LogP contribution in [0.2, 0.25) is 0 Å². The second-order valence-electron chi connectivity index (χ2n) is 11.9. The Balaban J connectivity index is 1.53. The monoisotopic (exact) mass is 582 g/mol. The molecule has 2 bridgehead atoms. The van der Waals surface area contributed by atoms with Crippen LogP contribution in [0.4, 0.5) is 14.6 Å². The summed E-state index contributed by atoms with van der Waals surface area (Å²) < 4.78 is 33.1. The van der Waals surface area contributed by atoms with Crippen LogP contribution in [0.5, 0.6) is 0 Å². The number of hydrogen-bond acceptors (Lipinski definition) is 6. The van der Waals surface area contributed by atoms with Crippen LogP contribution in [-0.2, 0) is 17.6 Å². The fraction of sp³-hybridized carbons (Fsp3) is 0.364. The van der Waals surface area contributed by atoms with Crippen molar-refractivity contribution in [1.29, 1.82) is 0 Å². The van der Waals surface area contributed by atoms with Crippen molar-refractivity contribution < 1.29 is 13.6 Å². The molecule has 4 aromatic rings. The third kappa shape index (κ3) is 4.42. The number of benzene rings is 1. The molecule has 1 aromatic carbocycles. The predicted molar refractivity (Wildman–Crippen MR) is 160 cm³/mol. The summed E-state index contributed by atoms with van der Waals surface area (Å²) >= 11 is 0. The van der Waals surface area contributed by atoms with Crippen molar-refractivity contribution in [1.82, 2.24) is 24.4 Å². The van der Waals surface area contributed by atoms with Gasteiger partial charge in [0.05, 0.1) is 28.9 Å². The van der Waals surface area contributed by atoms with Gasteiger partial charge in [0.1, 0.15) is 23.1 Å². The number of carbonyl (C=O) groups is 1. The van der Waals surface area contributed by atoms with Gasteiger partial charge < -0.3 is 9.80 Å². The zero-order chi connectivity index (χ0) is 30.0. The van der Waals surface area contributed by atoms with Crippen LogP contribution in [0.3, 0.4) is 0 Å². The van der Waals surface area contributed by atoms with Crippen molar-refractivity contribution in [2.24, 2.45) is 0 Å². The van der Waals surface area contributed by atoms with Crippen molar-refractivity contribution in [3.8, 4) is 16.9 Å². The highest BCUT2D eigenvalue weighted by Gasteiger charge is 2.51. The summed E-state index contributed by atoms with van der Waals surface area (Å²) in [6.45, 7) is 8.48. The molecule has 2 aliphatic heterocycles. The molecule has 2 atom stereocenters. The lowest BCUT2D eigenvalue weighted by molar-refractivity contribution is -0.126. The average molecular weight is 583 g/mol. The maximum Gasteiger partial charge on any atom is 0.355 e. The zero-order valence-electron chi connectivity index (χ0n) is 24.2. The molecular formula is C33H32F2N6O2. The third-order valence-corrected chi connectivity index (χ3v) is 8.92. The summed E-state index contributed by atoms with van der Waals surface area (Å²) in [4.78, 5) is 44.3. The van der Waals surface area contributed by atoms with E-state index in [-0.39, 0.29) is 40.8 Å². The number of halogens is 2. The molecule has 1 aliphatic carbocycles. The Bertz CT molecular complexity index is 1870. The first-order valence-electron chi connectivity index (χ1n) is 14.9. The number of fused-ring (bicyclic) bond motifs is 6. The van der Waals surface area contributed by atoms with E-state index in [0.717, 1.165) is 18.4 Å². The van der Waals surface area contributed by atoms with Crippen molar-refractivity contribution in [3.05, 3.63) is 88.1 Å². The van der Waals surface area contributed by atoms with Crippen molar-refractivity contribution >= 4 is 22.8 Å². The Hall–Kier alpha value is -4.47. The summed E-state index contributed by atoms with van der Waals surface area (Å²) in [5, 5.41) is 0.356. The van der Waals surface area contributed by atoms with E-state index < -0.39 is 17.3 Å². The van der Waals surface area contributed by atoms with Gasteiger partial charge in [0.2, 0.25) is 5.91 Å². The first-order chi connectivity index (χ1) is 20.8. The van der Waals surface area contributed by atoms with E-state index in [4.69, 9.17) is 4.98 Å². The fourth-order valence-electron chi connectivity index (χ4n) is 6.81. The maximum absolute atomic E-state index is 16.2. The standard InChI is InChI=1S/C33H32F2N6O2/c1-4-26(42)39-14-15-40(25-17-24(25)39)31-21-16-23(35)29-27-19(10-7-11-22(27)34)8-5-6-9-20-12-13-36-28(18(2)3)30(20)41(32(21)37-29)33(43)38-31/h4,7,10-13,16,18,24-25H,1,5-6,8-9,14-15,17H2,2-3H3/t24-,25+/m0/s1. The van der Waals surface area contributed by atoms with E-state index in [1.165, 1.54) is 22.8 Å². The van der Waals surface area contributed by atoms with Gasteiger partial charge in [0.15, 0.2) is 5.65 Å². The first kappa shape index (κ1) is 27.4. The number of anilines is 1. The van der Waals surface area contributed by atoms with Crippen LogP contribution >= 0.6 is 0 Å². The number of rotatable bonds is 3. The molecule has 8 nitrogen and oxygen atoms in total. The van der Waals surface area contributed by atoms with E-state index in [0.29, 0.717) is 60.5 Å². The molecule has 3 aliphatic rings. The lowest BCUT2D eigenvalue weighted by Gasteiger charge is -2.35. The molecule has 43 heavy (non-hydrogen) atoms. The first-order valence-corrected chi connectivity index (χ1v) is 14.9. The van der Waals surface area contributed by atoms with Gasteiger partial charge >= 0.3 is 5.69 Å². The molecule has 1 saturated carbocycles. The minimum Gasteiger partial charge on any atom is -0.349 e. The Kier molecular flexibility index (Phi) is 6.59. The molecule has 1 saturated heterocycles. The number of aromatic nitrogens is 4. The number of amides is 1. The molecule has 0 spiro atoms. The van der Waals surface area contributed by atoms with Gasteiger partial charge in [-0.1, -0.05) is 32.6 Å². The molecule has 7 rings (SSSR count). The van der Waals surface area contributed by atoms with Gasteiger partial charge in [-0.3, -0.25) is 9.78 Å². The van der Waals surface area contributed by atoms with Gasteiger partial charge in [0.25, 0.3) is 0 Å². The number of hydrogen-bond donors (Lipinski definition) is 0. The van der Waals surface area contributed by atoms with E-state index in [1.54, 1.807) is 17.2 Å². The molecule has 5 heterocycles. The van der Waals surface area contributed by atoms with E-state index in [9.17, 15) is 9.59 Å². The number of carbonyl (C=O) groups excluding carboxylic acids is 1. The van der Waals surface area contributed by atoms with Crippen LogP contribution in [0.1, 0.15) is 55.8 Å². The van der Waals surface area contributed by atoms with Gasteiger partial charge in [-0.05, 0) is 73.4 Å². The summed E-state index contributed by atoms with van der Waals surface area (Å²) in [6, 6.07) is 7.92. The molecule has 220 valence electrons. The van der Waals surface area contributed by atoms with Gasteiger partial charge in [-0.2, -0.15) is 4.98 Å². The molecule has 10 heteroatoms. The Morgan fingerprint density at radius 2 is 1.84 bits per heavy atom. The molecule has 1 amide bonds. The maximum atomic E-state index is 16.2. The summed E-state index contributed by atoms with van der Waals surface area (Å²) in [6.07, 6.45) is 6.56. The summed E-state index contributed by atoms with van der Waals surface area (Å²) in [5.41, 5.74) is 2.57. The van der Waals surface area contributed by atoms with Crippen LogP contribution in [0, 0.1) is 11.6 Å². The smallest absolute Gasteiger partial charge is 0.349 e. The quantitative estimate of drug-likeness (QED) is 0.313. The van der Waals surface area contributed by atoms with Gasteiger partial charge in [-0.25, -0.2) is 23.1 Å².